The van der Waals surface area contributed by atoms with E-state index in [0.717, 1.165) is 31.6 Å². The zero-order valence-corrected chi connectivity index (χ0v) is 15.1. The number of carbonyl (C=O) groups is 1. The molecule has 1 saturated heterocycles. The molecular formula is C17H26N6O2. The van der Waals surface area contributed by atoms with Crippen molar-refractivity contribution in [3.05, 3.63) is 24.4 Å². The third-order valence-electron chi connectivity index (χ3n) is 4.50. The minimum absolute atomic E-state index is 0.0814. The fourth-order valence-electron chi connectivity index (χ4n) is 3.07. The second-order valence-corrected chi connectivity index (χ2v) is 7.61. The Morgan fingerprint density at radius 3 is 2.92 bits per heavy atom. The molecule has 0 spiro atoms. The van der Waals surface area contributed by atoms with E-state index < -0.39 is 0 Å². The van der Waals surface area contributed by atoms with Crippen LogP contribution in [0.1, 0.15) is 45.7 Å². The molecule has 1 atom stereocenters. The molecule has 2 aromatic rings. The van der Waals surface area contributed by atoms with Crippen LogP contribution in [-0.4, -0.2) is 49.9 Å². The van der Waals surface area contributed by atoms with E-state index in [9.17, 15) is 4.79 Å². The summed E-state index contributed by atoms with van der Waals surface area (Å²) in [6.45, 7) is 8.17. The van der Waals surface area contributed by atoms with E-state index in [1.54, 1.807) is 12.4 Å². The molecule has 3 heterocycles. The number of likely N-dealkylation sites (tertiary alicyclic amines) is 1. The summed E-state index contributed by atoms with van der Waals surface area (Å²) >= 11 is 0. The molecule has 1 aliphatic rings. The van der Waals surface area contributed by atoms with Crippen molar-refractivity contribution in [2.45, 2.75) is 58.0 Å². The van der Waals surface area contributed by atoms with Gasteiger partial charge in [-0.15, -0.1) is 0 Å². The molecule has 3 rings (SSSR count). The number of nitrogens with zero attached hydrogens (tertiary/aromatic N) is 5. The fourth-order valence-corrected chi connectivity index (χ4v) is 3.07. The van der Waals surface area contributed by atoms with Gasteiger partial charge in [0.25, 0.3) is 0 Å². The lowest BCUT2D eigenvalue weighted by molar-refractivity contribution is -0.118. The first-order valence-corrected chi connectivity index (χ1v) is 8.75. The van der Waals surface area contributed by atoms with Crippen LogP contribution < -0.4 is 5.32 Å². The zero-order valence-electron chi connectivity index (χ0n) is 15.1. The molecule has 0 aliphatic carbocycles. The molecule has 2 aromatic heterocycles. The van der Waals surface area contributed by atoms with Crippen LogP contribution in [0.5, 0.6) is 0 Å². The summed E-state index contributed by atoms with van der Waals surface area (Å²) in [6.07, 6.45) is 6.60. The average Bonchev–Trinajstić information content (AvgIpc) is 3.20. The second-order valence-electron chi connectivity index (χ2n) is 7.61. The van der Waals surface area contributed by atoms with Crippen LogP contribution >= 0.6 is 0 Å². The average molecular weight is 346 g/mol. The quantitative estimate of drug-likeness (QED) is 0.891. The third kappa shape index (κ3) is 4.66. The maximum atomic E-state index is 12.4. The molecule has 0 saturated carbocycles. The van der Waals surface area contributed by atoms with Gasteiger partial charge in [0.05, 0.1) is 18.8 Å². The van der Waals surface area contributed by atoms with Gasteiger partial charge in [0, 0.05) is 17.5 Å². The fraction of sp³-hybridized carbons (Fsp3) is 0.647. The van der Waals surface area contributed by atoms with Crippen molar-refractivity contribution in [1.29, 1.82) is 0 Å². The molecule has 0 radical (unpaired) electrons. The molecule has 0 bridgehead atoms. The van der Waals surface area contributed by atoms with E-state index in [1.807, 2.05) is 4.68 Å². The van der Waals surface area contributed by atoms with Gasteiger partial charge in [-0.2, -0.15) is 5.10 Å². The summed E-state index contributed by atoms with van der Waals surface area (Å²) in [4.78, 5) is 18.6. The number of hydrogen-bond acceptors (Lipinski definition) is 6. The molecule has 0 aromatic carbocycles. The lowest BCUT2D eigenvalue weighted by Crippen LogP contribution is -2.46. The Kier molecular flexibility index (Phi) is 5.17. The first-order chi connectivity index (χ1) is 11.9. The molecular weight excluding hydrogens is 320 g/mol. The monoisotopic (exact) mass is 346 g/mol. The molecule has 8 nitrogen and oxygen atoms in total. The molecule has 25 heavy (non-hydrogen) atoms. The number of amides is 1. The van der Waals surface area contributed by atoms with Gasteiger partial charge in [0.1, 0.15) is 12.7 Å². The summed E-state index contributed by atoms with van der Waals surface area (Å²) < 4.78 is 7.07. The maximum absolute atomic E-state index is 12.4. The molecule has 1 amide bonds. The van der Waals surface area contributed by atoms with Gasteiger partial charge >= 0.3 is 0 Å². The number of aromatic nitrogens is 4. The van der Waals surface area contributed by atoms with Gasteiger partial charge in [0.2, 0.25) is 11.8 Å². The molecule has 1 aliphatic heterocycles. The van der Waals surface area contributed by atoms with Crippen molar-refractivity contribution in [3.63, 3.8) is 0 Å². The Morgan fingerprint density at radius 1 is 1.40 bits per heavy atom. The van der Waals surface area contributed by atoms with Crippen LogP contribution in [0.2, 0.25) is 0 Å². The predicted molar refractivity (Wildman–Crippen MR) is 93.1 cm³/mol. The van der Waals surface area contributed by atoms with Gasteiger partial charge in [-0.25, -0.2) is 4.98 Å². The minimum atomic E-state index is -0.109. The van der Waals surface area contributed by atoms with Crippen molar-refractivity contribution in [2.24, 2.45) is 0 Å². The van der Waals surface area contributed by atoms with Gasteiger partial charge in [-0.1, -0.05) is 32.3 Å². The van der Waals surface area contributed by atoms with Gasteiger partial charge in [-0.05, 0) is 19.4 Å². The number of anilines is 1. The predicted octanol–water partition coefficient (Wildman–Crippen LogP) is 2.06. The molecule has 0 unspecified atom stereocenters. The number of carbonyl (C=O) groups excluding carboxylic acids is 1. The molecule has 8 heteroatoms. The van der Waals surface area contributed by atoms with Crippen molar-refractivity contribution in [2.75, 3.05) is 18.4 Å². The Labute approximate surface area is 147 Å². The smallest absolute Gasteiger partial charge is 0.240 e. The van der Waals surface area contributed by atoms with Crippen LogP contribution in [0.15, 0.2) is 23.2 Å². The van der Waals surface area contributed by atoms with E-state index in [1.165, 1.54) is 12.7 Å². The normalized spacial score (nSPS) is 19.1. The lowest BCUT2D eigenvalue weighted by atomic mass is 9.92. The van der Waals surface area contributed by atoms with Crippen LogP contribution in [0.4, 0.5) is 5.88 Å². The highest BCUT2D eigenvalue weighted by Gasteiger charge is 2.26. The van der Waals surface area contributed by atoms with Gasteiger partial charge < -0.3 is 4.52 Å². The van der Waals surface area contributed by atoms with Crippen LogP contribution in [-0.2, 0) is 16.8 Å². The van der Waals surface area contributed by atoms with Gasteiger partial charge in [-0.3, -0.25) is 19.7 Å². The Bertz CT molecular complexity index is 688. The third-order valence-corrected chi connectivity index (χ3v) is 4.50. The largest absolute Gasteiger partial charge is 0.338 e. The lowest BCUT2D eigenvalue weighted by Gasteiger charge is -2.34. The van der Waals surface area contributed by atoms with Crippen molar-refractivity contribution >= 4 is 11.8 Å². The van der Waals surface area contributed by atoms with E-state index >= 15 is 0 Å². The van der Waals surface area contributed by atoms with Crippen LogP contribution in [0, 0.1) is 0 Å². The number of hydrogen-bond donors (Lipinski definition) is 1. The summed E-state index contributed by atoms with van der Waals surface area (Å²) in [5.74, 6) is 0.321. The number of rotatable bonds is 5. The summed E-state index contributed by atoms with van der Waals surface area (Å²) in [5.41, 5.74) is 0.715. The van der Waals surface area contributed by atoms with Crippen molar-refractivity contribution < 1.29 is 9.32 Å². The van der Waals surface area contributed by atoms with E-state index in [2.05, 4.69) is 46.2 Å². The zero-order chi connectivity index (χ0) is 17.9. The van der Waals surface area contributed by atoms with E-state index in [-0.39, 0.29) is 11.3 Å². The SMILES string of the molecule is CC(C)(C)c1cc(NC(=O)CN2CCCC[C@H]2Cn2cncn2)on1. The topological polar surface area (TPSA) is 89.1 Å². The first-order valence-electron chi connectivity index (χ1n) is 8.75. The Hall–Kier alpha value is -2.22. The number of piperidine rings is 1. The van der Waals surface area contributed by atoms with Gasteiger partial charge in [0.15, 0.2) is 0 Å². The highest BCUT2D eigenvalue weighted by atomic mass is 16.5. The Balaban J connectivity index is 1.57. The van der Waals surface area contributed by atoms with Crippen LogP contribution in [0.25, 0.3) is 0 Å². The minimum Gasteiger partial charge on any atom is -0.338 e. The molecule has 136 valence electrons. The summed E-state index contributed by atoms with van der Waals surface area (Å²) in [6, 6.07) is 2.09. The summed E-state index contributed by atoms with van der Waals surface area (Å²) in [5, 5.41) is 11.0. The highest BCUT2D eigenvalue weighted by molar-refractivity contribution is 5.91. The first kappa shape index (κ1) is 17.6. The van der Waals surface area contributed by atoms with Crippen molar-refractivity contribution in [3.8, 4) is 0 Å². The maximum Gasteiger partial charge on any atom is 0.240 e. The highest BCUT2D eigenvalue weighted by Crippen LogP contribution is 2.24. The molecule has 1 N–H and O–H groups in total. The van der Waals surface area contributed by atoms with E-state index in [4.69, 9.17) is 4.52 Å². The number of nitrogens with one attached hydrogen (secondary N) is 1. The van der Waals surface area contributed by atoms with Crippen LogP contribution in [0.3, 0.4) is 0 Å². The molecule has 1 fully saturated rings. The summed E-state index contributed by atoms with van der Waals surface area (Å²) in [7, 11) is 0. The second kappa shape index (κ2) is 7.35. The standard InChI is InChI=1S/C17H26N6O2/c1-17(2,3)14-8-16(25-21-14)20-15(24)10-22-7-5-4-6-13(22)9-23-12-18-11-19-23/h8,11-13H,4-7,9-10H2,1-3H3,(H,20,24)/t13-/m0/s1. The Morgan fingerprint density at radius 2 is 2.24 bits per heavy atom. The van der Waals surface area contributed by atoms with E-state index in [0.29, 0.717) is 18.5 Å². The van der Waals surface area contributed by atoms with Crippen molar-refractivity contribution in [1.82, 2.24) is 24.8 Å².